The number of likely N-dealkylation sites (N-methyl/N-ethyl adjacent to an activating group) is 1. The number of rotatable bonds is 74. The fourth-order valence-corrected chi connectivity index (χ4v) is 13.1. The first-order valence-corrected chi connectivity index (χ1v) is 40.7. The molecule has 1 amide bonds. The summed E-state index contributed by atoms with van der Waals surface area (Å²) >= 11 is 0. The summed E-state index contributed by atoms with van der Waals surface area (Å²) in [6, 6.07) is -0.885. The largest absolute Gasteiger partial charge is 0.756 e. The maximum atomic E-state index is 13.1. The normalized spacial score (nSPS) is 13.6. The highest BCUT2D eigenvalue weighted by Gasteiger charge is 2.23. The van der Waals surface area contributed by atoms with Gasteiger partial charge in [0.05, 0.1) is 39.9 Å². The standard InChI is InChI=1S/C78H155N2O6P/c1-6-8-10-12-14-16-18-20-22-24-26-28-30-32-34-35-36-37-38-39-40-41-42-43-44-45-46-48-50-52-54-56-58-60-62-64-66-68-70-72-78(82)79-76(75-86-87(83,84)85-74-73-80(3,4)5)77(81)71-69-67-65-63-61-59-57-55-53-51-49-47-33-31-29-27-25-23-21-19-17-15-13-11-9-7-2/h24,26,69,71,76-77,81H,6-23,25,27-68,70,72-75H2,1-5H3,(H-,79,82,83,84)/b26-24-,71-69+. The van der Waals surface area contributed by atoms with Crippen LogP contribution in [0.15, 0.2) is 24.3 Å². The Hall–Kier alpha value is -1.02. The van der Waals surface area contributed by atoms with Crippen LogP contribution in [0, 0.1) is 0 Å². The molecule has 0 fully saturated rings. The van der Waals surface area contributed by atoms with Crippen LogP contribution >= 0.6 is 7.82 Å². The minimum Gasteiger partial charge on any atom is -0.756 e. The number of phosphoric ester groups is 1. The summed E-state index contributed by atoms with van der Waals surface area (Å²) in [5, 5.41) is 14.0. The van der Waals surface area contributed by atoms with Gasteiger partial charge in [0.2, 0.25) is 5.91 Å². The fraction of sp³-hybridized carbons (Fsp3) is 0.936. The minimum absolute atomic E-state index is 0.00244. The van der Waals surface area contributed by atoms with Gasteiger partial charge in [0.1, 0.15) is 13.2 Å². The highest BCUT2D eigenvalue weighted by atomic mass is 31.2. The van der Waals surface area contributed by atoms with Crippen LogP contribution in [0.25, 0.3) is 0 Å². The second kappa shape index (κ2) is 69.3. The maximum absolute atomic E-state index is 13.1. The Morgan fingerprint density at radius 1 is 0.391 bits per heavy atom. The second-order valence-corrected chi connectivity index (χ2v) is 29.8. The first-order chi connectivity index (χ1) is 42.5. The van der Waals surface area contributed by atoms with E-state index >= 15 is 0 Å². The van der Waals surface area contributed by atoms with Crippen molar-refractivity contribution in [3.63, 3.8) is 0 Å². The molecule has 9 heteroatoms. The zero-order valence-electron chi connectivity index (χ0n) is 59.5. The van der Waals surface area contributed by atoms with Gasteiger partial charge in [0, 0.05) is 6.42 Å². The lowest BCUT2D eigenvalue weighted by Gasteiger charge is -2.29. The topological polar surface area (TPSA) is 108 Å². The van der Waals surface area contributed by atoms with Crippen molar-refractivity contribution >= 4 is 13.7 Å². The maximum Gasteiger partial charge on any atom is 0.268 e. The van der Waals surface area contributed by atoms with Gasteiger partial charge in [-0.1, -0.05) is 391 Å². The molecule has 0 bridgehead atoms. The number of allylic oxidation sites excluding steroid dienone is 3. The molecule has 0 aromatic heterocycles. The molecule has 0 aliphatic heterocycles. The molecule has 0 saturated carbocycles. The molecule has 0 aliphatic carbocycles. The molecule has 87 heavy (non-hydrogen) atoms. The van der Waals surface area contributed by atoms with E-state index in [1.807, 2.05) is 27.2 Å². The zero-order valence-corrected chi connectivity index (χ0v) is 60.4. The number of amides is 1. The van der Waals surface area contributed by atoms with Crippen LogP contribution in [-0.4, -0.2) is 68.5 Å². The molecule has 0 saturated heterocycles. The van der Waals surface area contributed by atoms with Crippen molar-refractivity contribution in [2.45, 2.75) is 431 Å². The third-order valence-electron chi connectivity index (χ3n) is 18.4. The van der Waals surface area contributed by atoms with E-state index in [4.69, 9.17) is 9.05 Å². The molecule has 8 nitrogen and oxygen atoms in total. The van der Waals surface area contributed by atoms with Crippen LogP contribution in [0.4, 0.5) is 0 Å². The van der Waals surface area contributed by atoms with Crippen LogP contribution in [0.5, 0.6) is 0 Å². The number of carbonyl (C=O) groups excluding carboxylic acids is 1. The van der Waals surface area contributed by atoms with E-state index in [1.54, 1.807) is 6.08 Å². The van der Waals surface area contributed by atoms with Gasteiger partial charge in [-0.25, -0.2) is 0 Å². The average molecular weight is 1250 g/mol. The van der Waals surface area contributed by atoms with E-state index in [0.29, 0.717) is 17.4 Å². The molecule has 0 rings (SSSR count). The Bertz CT molecular complexity index is 1470. The number of unbranched alkanes of at least 4 members (excludes halogenated alkanes) is 59. The van der Waals surface area contributed by atoms with E-state index in [1.165, 1.54) is 360 Å². The summed E-state index contributed by atoms with van der Waals surface area (Å²) in [5.41, 5.74) is 0. The predicted molar refractivity (Wildman–Crippen MR) is 381 cm³/mol. The van der Waals surface area contributed by atoms with Gasteiger partial charge in [-0.2, -0.15) is 0 Å². The Morgan fingerprint density at radius 3 is 0.897 bits per heavy atom. The summed E-state index contributed by atoms with van der Waals surface area (Å²) in [4.78, 5) is 25.7. The Morgan fingerprint density at radius 2 is 0.632 bits per heavy atom. The summed E-state index contributed by atoms with van der Waals surface area (Å²) < 4.78 is 23.5. The SMILES string of the molecule is CCCCCCCCCC/C=C\CCCCCCCCCCCCCCCCCCCCCCCCCCCCCC(=O)NC(COP(=O)([O-])OCC[N+](C)(C)C)C(O)/C=C/CCCCCCCCCCCCCCCCCCCCCCCCCC. The smallest absolute Gasteiger partial charge is 0.268 e. The van der Waals surface area contributed by atoms with Crippen molar-refractivity contribution in [1.82, 2.24) is 5.32 Å². The van der Waals surface area contributed by atoms with Crippen molar-refractivity contribution < 1.29 is 32.9 Å². The summed E-state index contributed by atoms with van der Waals surface area (Å²) in [6.45, 7) is 4.72. The van der Waals surface area contributed by atoms with Crippen molar-refractivity contribution in [2.24, 2.45) is 0 Å². The van der Waals surface area contributed by atoms with E-state index in [2.05, 4.69) is 31.3 Å². The third-order valence-corrected chi connectivity index (χ3v) is 19.4. The first kappa shape index (κ1) is 86.0. The number of nitrogens with zero attached hydrogens (tertiary/aromatic N) is 1. The van der Waals surface area contributed by atoms with Gasteiger partial charge in [-0.15, -0.1) is 0 Å². The molecule has 3 unspecified atom stereocenters. The van der Waals surface area contributed by atoms with E-state index in [-0.39, 0.29) is 19.1 Å². The molecule has 0 spiro atoms. The molecule has 0 radical (unpaired) electrons. The molecule has 0 aromatic carbocycles. The van der Waals surface area contributed by atoms with Crippen molar-refractivity contribution in [2.75, 3.05) is 40.9 Å². The molecular weight excluding hydrogens is 1090 g/mol. The van der Waals surface area contributed by atoms with Crippen LogP contribution in [0.2, 0.25) is 0 Å². The predicted octanol–water partition coefficient (Wildman–Crippen LogP) is 24.8. The number of aliphatic hydroxyl groups excluding tert-OH is 1. The van der Waals surface area contributed by atoms with Gasteiger partial charge in [0.15, 0.2) is 0 Å². The van der Waals surface area contributed by atoms with Gasteiger partial charge in [-0.05, 0) is 44.9 Å². The molecule has 3 atom stereocenters. The Kier molecular flexibility index (Phi) is 68.5. The summed E-state index contributed by atoms with van der Waals surface area (Å²) in [6.07, 6.45) is 92.0. The van der Waals surface area contributed by atoms with E-state index in [0.717, 1.165) is 38.5 Å². The third kappa shape index (κ3) is 72.3. The number of phosphoric acid groups is 1. The van der Waals surface area contributed by atoms with Gasteiger partial charge in [0.25, 0.3) is 7.82 Å². The Labute approximate surface area is 545 Å². The van der Waals surface area contributed by atoms with Crippen molar-refractivity contribution in [3.05, 3.63) is 24.3 Å². The minimum atomic E-state index is -4.60. The first-order valence-electron chi connectivity index (χ1n) is 39.2. The number of hydrogen-bond acceptors (Lipinski definition) is 6. The lowest BCUT2D eigenvalue weighted by molar-refractivity contribution is -0.870. The van der Waals surface area contributed by atoms with E-state index < -0.39 is 20.0 Å². The summed E-state index contributed by atoms with van der Waals surface area (Å²) in [5.74, 6) is -0.187. The lowest BCUT2D eigenvalue weighted by atomic mass is 10.0. The molecular formula is C78H155N2O6P. The van der Waals surface area contributed by atoms with E-state index in [9.17, 15) is 19.4 Å². The number of carbonyl (C=O) groups is 1. The quantitative estimate of drug-likeness (QED) is 0.0272. The molecule has 0 heterocycles. The fourth-order valence-electron chi connectivity index (χ4n) is 12.3. The molecule has 2 N–H and O–H groups in total. The number of nitrogens with one attached hydrogen (secondary N) is 1. The molecule has 518 valence electrons. The van der Waals surface area contributed by atoms with Crippen LogP contribution in [-0.2, 0) is 18.4 Å². The van der Waals surface area contributed by atoms with Crippen LogP contribution in [0.1, 0.15) is 418 Å². The van der Waals surface area contributed by atoms with Crippen LogP contribution < -0.4 is 10.2 Å². The molecule has 0 aliphatic rings. The number of hydrogen-bond donors (Lipinski definition) is 2. The second-order valence-electron chi connectivity index (χ2n) is 28.4. The van der Waals surface area contributed by atoms with Gasteiger partial charge < -0.3 is 28.8 Å². The molecule has 0 aromatic rings. The highest BCUT2D eigenvalue weighted by Crippen LogP contribution is 2.38. The van der Waals surface area contributed by atoms with Gasteiger partial charge >= 0.3 is 0 Å². The zero-order chi connectivity index (χ0) is 63.4. The number of quaternary nitrogens is 1. The lowest BCUT2D eigenvalue weighted by Crippen LogP contribution is -2.45. The summed E-state index contributed by atoms with van der Waals surface area (Å²) in [7, 11) is 1.29. The monoisotopic (exact) mass is 1250 g/mol. The van der Waals surface area contributed by atoms with Gasteiger partial charge in [-0.3, -0.25) is 9.36 Å². The Balaban J connectivity index is 3.91. The van der Waals surface area contributed by atoms with Crippen molar-refractivity contribution in [1.29, 1.82) is 0 Å². The number of aliphatic hydroxyl groups is 1. The van der Waals surface area contributed by atoms with Crippen molar-refractivity contribution in [3.8, 4) is 0 Å². The average Bonchev–Trinajstić information content (AvgIpc) is 3.69. The highest BCUT2D eigenvalue weighted by molar-refractivity contribution is 7.45. The van der Waals surface area contributed by atoms with Crippen LogP contribution in [0.3, 0.4) is 0 Å².